The standard InChI is InChI=1S/C14H25N3O2S2/c1-4-10(5-2)9-17(6-3)14-12(13(15)16-20-14)21(18,19)11-7-8-11/h10-11H,4-9H2,1-3H3,(H2,15,16). The summed E-state index contributed by atoms with van der Waals surface area (Å²) in [5.74, 6) is 0.731. The minimum absolute atomic E-state index is 0.171. The molecule has 1 saturated carbocycles. The summed E-state index contributed by atoms with van der Waals surface area (Å²) < 4.78 is 29.3. The lowest BCUT2D eigenvalue weighted by atomic mass is 10.0. The van der Waals surface area contributed by atoms with Crippen molar-refractivity contribution < 1.29 is 8.42 Å². The van der Waals surface area contributed by atoms with Crippen LogP contribution in [0.1, 0.15) is 46.5 Å². The zero-order valence-electron chi connectivity index (χ0n) is 13.0. The first-order chi connectivity index (χ1) is 9.95. The summed E-state index contributed by atoms with van der Waals surface area (Å²) in [7, 11) is -3.31. The molecule has 0 radical (unpaired) electrons. The van der Waals surface area contributed by atoms with Gasteiger partial charge in [-0.2, -0.15) is 4.37 Å². The van der Waals surface area contributed by atoms with Crippen molar-refractivity contribution in [1.29, 1.82) is 0 Å². The van der Waals surface area contributed by atoms with E-state index in [1.807, 2.05) is 6.92 Å². The van der Waals surface area contributed by atoms with Crippen molar-refractivity contribution in [2.75, 3.05) is 23.7 Å². The number of nitrogens with two attached hydrogens (primary N) is 1. The molecule has 0 saturated heterocycles. The Morgan fingerprint density at radius 2 is 1.95 bits per heavy atom. The van der Waals surface area contributed by atoms with Crippen molar-refractivity contribution in [2.45, 2.75) is 56.6 Å². The number of hydrogen-bond donors (Lipinski definition) is 1. The van der Waals surface area contributed by atoms with Crippen molar-refractivity contribution in [3.63, 3.8) is 0 Å². The fourth-order valence-electron chi connectivity index (χ4n) is 2.51. The maximum absolute atomic E-state index is 12.6. The Bertz CT molecular complexity index is 575. The molecular weight excluding hydrogens is 306 g/mol. The van der Waals surface area contributed by atoms with Crippen LogP contribution in [-0.4, -0.2) is 31.1 Å². The van der Waals surface area contributed by atoms with E-state index in [2.05, 4.69) is 23.1 Å². The molecule has 0 atom stereocenters. The van der Waals surface area contributed by atoms with E-state index in [1.165, 1.54) is 11.5 Å². The highest BCUT2D eigenvalue weighted by Crippen LogP contribution is 2.42. The second kappa shape index (κ2) is 6.52. The van der Waals surface area contributed by atoms with Gasteiger partial charge >= 0.3 is 0 Å². The van der Waals surface area contributed by atoms with Gasteiger partial charge in [-0.15, -0.1) is 0 Å². The molecule has 0 bridgehead atoms. The van der Waals surface area contributed by atoms with Crippen LogP contribution in [0.25, 0.3) is 0 Å². The van der Waals surface area contributed by atoms with Crippen LogP contribution < -0.4 is 10.6 Å². The first kappa shape index (κ1) is 16.5. The normalized spacial score (nSPS) is 15.6. The number of rotatable bonds is 8. The summed E-state index contributed by atoms with van der Waals surface area (Å²) >= 11 is 1.22. The Morgan fingerprint density at radius 1 is 1.33 bits per heavy atom. The van der Waals surface area contributed by atoms with Crippen LogP contribution >= 0.6 is 11.5 Å². The third-order valence-electron chi connectivity index (χ3n) is 4.21. The molecule has 1 heterocycles. The number of nitrogen functional groups attached to an aromatic ring is 1. The molecule has 0 unspecified atom stereocenters. The van der Waals surface area contributed by atoms with Crippen LogP contribution in [0.3, 0.4) is 0 Å². The minimum Gasteiger partial charge on any atom is -0.382 e. The Balaban J connectivity index is 2.34. The molecule has 2 N–H and O–H groups in total. The second-order valence-electron chi connectivity index (χ2n) is 5.67. The SMILES string of the molecule is CCC(CC)CN(CC)c1snc(N)c1S(=O)(=O)C1CC1. The minimum atomic E-state index is -3.31. The summed E-state index contributed by atoms with van der Waals surface area (Å²) in [4.78, 5) is 2.41. The smallest absolute Gasteiger partial charge is 0.187 e. The van der Waals surface area contributed by atoms with Crippen LogP contribution in [0.15, 0.2) is 4.90 Å². The van der Waals surface area contributed by atoms with Gasteiger partial charge in [0.15, 0.2) is 15.7 Å². The van der Waals surface area contributed by atoms with Gasteiger partial charge in [-0.3, -0.25) is 0 Å². The molecule has 1 aliphatic carbocycles. The number of sulfone groups is 1. The molecule has 1 aliphatic rings. The van der Waals surface area contributed by atoms with Crippen LogP contribution in [0.5, 0.6) is 0 Å². The molecule has 0 spiro atoms. The van der Waals surface area contributed by atoms with E-state index in [4.69, 9.17) is 5.73 Å². The molecule has 5 nitrogen and oxygen atoms in total. The summed E-state index contributed by atoms with van der Waals surface area (Å²) in [5.41, 5.74) is 5.87. The lowest BCUT2D eigenvalue weighted by Gasteiger charge is -2.26. The highest BCUT2D eigenvalue weighted by molar-refractivity contribution is 7.92. The maximum atomic E-state index is 12.6. The van der Waals surface area contributed by atoms with Crippen molar-refractivity contribution in [3.05, 3.63) is 0 Å². The van der Waals surface area contributed by atoms with Gasteiger partial charge in [-0.05, 0) is 37.2 Å². The molecule has 0 aliphatic heterocycles. The first-order valence-corrected chi connectivity index (χ1v) is 10.0. The van der Waals surface area contributed by atoms with Crippen LogP contribution in [0.4, 0.5) is 10.8 Å². The fourth-order valence-corrected chi connectivity index (χ4v) is 5.61. The van der Waals surface area contributed by atoms with Gasteiger partial charge in [0, 0.05) is 13.1 Å². The lowest BCUT2D eigenvalue weighted by Crippen LogP contribution is -2.29. The zero-order valence-corrected chi connectivity index (χ0v) is 14.6. The number of nitrogens with zero attached hydrogens (tertiary/aromatic N) is 2. The van der Waals surface area contributed by atoms with E-state index in [0.29, 0.717) is 5.92 Å². The van der Waals surface area contributed by atoms with Crippen LogP contribution in [0.2, 0.25) is 0 Å². The Labute approximate surface area is 131 Å². The predicted molar refractivity (Wildman–Crippen MR) is 88.7 cm³/mol. The zero-order chi connectivity index (χ0) is 15.6. The van der Waals surface area contributed by atoms with E-state index in [9.17, 15) is 8.42 Å². The maximum Gasteiger partial charge on any atom is 0.187 e. The predicted octanol–water partition coefficient (Wildman–Crippen LogP) is 2.92. The average Bonchev–Trinajstić information content (AvgIpc) is 3.24. The second-order valence-corrected chi connectivity index (χ2v) is 8.58. The van der Waals surface area contributed by atoms with E-state index in [-0.39, 0.29) is 16.0 Å². The molecule has 2 rings (SSSR count). The average molecular weight is 332 g/mol. The summed E-state index contributed by atoms with van der Waals surface area (Å²) in [5, 5.41) is 0.482. The van der Waals surface area contributed by atoms with Gasteiger partial charge in [-0.1, -0.05) is 26.7 Å². The monoisotopic (exact) mass is 331 g/mol. The topological polar surface area (TPSA) is 76.3 Å². The molecule has 0 aromatic carbocycles. The molecular formula is C14H25N3O2S2. The van der Waals surface area contributed by atoms with Crippen molar-refractivity contribution in [1.82, 2.24) is 4.37 Å². The number of hydrogen-bond acceptors (Lipinski definition) is 6. The Hall–Kier alpha value is -0.820. The Kier molecular flexibility index (Phi) is 5.14. The van der Waals surface area contributed by atoms with Gasteiger partial charge < -0.3 is 10.6 Å². The number of anilines is 2. The quantitative estimate of drug-likeness (QED) is 0.792. The number of aromatic nitrogens is 1. The highest BCUT2D eigenvalue weighted by Gasteiger charge is 2.41. The molecule has 0 amide bonds. The van der Waals surface area contributed by atoms with E-state index < -0.39 is 9.84 Å². The summed E-state index contributed by atoms with van der Waals surface area (Å²) in [6, 6.07) is 0. The summed E-state index contributed by atoms with van der Waals surface area (Å²) in [6.45, 7) is 8.02. The molecule has 21 heavy (non-hydrogen) atoms. The first-order valence-electron chi connectivity index (χ1n) is 7.69. The molecule has 7 heteroatoms. The lowest BCUT2D eigenvalue weighted by molar-refractivity contribution is 0.486. The van der Waals surface area contributed by atoms with Gasteiger partial charge in [0.2, 0.25) is 0 Å². The van der Waals surface area contributed by atoms with Gasteiger partial charge in [0.1, 0.15) is 9.90 Å². The molecule has 1 fully saturated rings. The van der Waals surface area contributed by atoms with Crippen LogP contribution in [0, 0.1) is 5.92 Å². The van der Waals surface area contributed by atoms with Crippen molar-refractivity contribution in [2.24, 2.45) is 5.92 Å². The largest absolute Gasteiger partial charge is 0.382 e. The summed E-state index contributed by atoms with van der Waals surface area (Å²) in [6.07, 6.45) is 3.67. The van der Waals surface area contributed by atoms with Gasteiger partial charge in [-0.25, -0.2) is 8.42 Å². The van der Waals surface area contributed by atoms with E-state index >= 15 is 0 Å². The van der Waals surface area contributed by atoms with E-state index in [1.54, 1.807) is 0 Å². The van der Waals surface area contributed by atoms with Crippen molar-refractivity contribution >= 4 is 32.2 Å². The fraction of sp³-hybridized carbons (Fsp3) is 0.786. The molecule has 1 aromatic heterocycles. The third-order valence-corrected chi connectivity index (χ3v) is 7.58. The third kappa shape index (κ3) is 3.34. The van der Waals surface area contributed by atoms with E-state index in [0.717, 1.165) is 43.8 Å². The van der Waals surface area contributed by atoms with Gasteiger partial charge in [0.05, 0.1) is 5.25 Å². The molecule has 1 aromatic rings. The van der Waals surface area contributed by atoms with Crippen molar-refractivity contribution in [3.8, 4) is 0 Å². The van der Waals surface area contributed by atoms with Gasteiger partial charge in [0.25, 0.3) is 0 Å². The molecule has 120 valence electrons. The Morgan fingerprint density at radius 3 is 2.43 bits per heavy atom. The van der Waals surface area contributed by atoms with Crippen LogP contribution in [-0.2, 0) is 9.84 Å². The highest BCUT2D eigenvalue weighted by atomic mass is 32.2.